The summed E-state index contributed by atoms with van der Waals surface area (Å²) >= 11 is 0. The molecule has 1 aliphatic carbocycles. The van der Waals surface area contributed by atoms with Crippen molar-refractivity contribution < 1.29 is 14.2 Å². The lowest BCUT2D eigenvalue weighted by molar-refractivity contribution is -0.108. The van der Waals surface area contributed by atoms with Crippen molar-refractivity contribution in [3.8, 4) is 0 Å². The Labute approximate surface area is 197 Å². The molecule has 174 valence electrons. The van der Waals surface area contributed by atoms with Crippen LogP contribution >= 0.6 is 0 Å². The summed E-state index contributed by atoms with van der Waals surface area (Å²) < 4.78 is 18.3. The zero-order chi connectivity index (χ0) is 23.4. The van der Waals surface area contributed by atoms with Gasteiger partial charge in [0, 0.05) is 29.0 Å². The first-order chi connectivity index (χ1) is 16.0. The van der Waals surface area contributed by atoms with E-state index in [9.17, 15) is 0 Å². The van der Waals surface area contributed by atoms with E-state index in [4.69, 9.17) is 19.6 Å². The van der Waals surface area contributed by atoms with Gasteiger partial charge in [0.2, 0.25) is 0 Å². The molecular weight excluding hydrogens is 412 g/mol. The Hall–Kier alpha value is -2.89. The van der Waals surface area contributed by atoms with Crippen LogP contribution in [0, 0.1) is 18.3 Å². The van der Waals surface area contributed by atoms with Gasteiger partial charge in [-0.05, 0) is 69.0 Å². The van der Waals surface area contributed by atoms with E-state index in [1.54, 1.807) is 6.92 Å². The highest BCUT2D eigenvalue weighted by atomic mass is 16.7. The Morgan fingerprint density at radius 1 is 1.12 bits per heavy atom. The van der Waals surface area contributed by atoms with Crippen molar-refractivity contribution in [2.24, 2.45) is 5.92 Å². The Bertz CT molecular complexity index is 1020. The molecule has 2 fully saturated rings. The lowest BCUT2D eigenvalue weighted by Crippen LogP contribution is -2.38. The summed E-state index contributed by atoms with van der Waals surface area (Å²) in [6.07, 6.45) is 11.1. The number of dihydropyridines is 1. The molecule has 1 saturated heterocycles. The third-order valence-corrected chi connectivity index (χ3v) is 6.69. The lowest BCUT2D eigenvalue weighted by Gasteiger charge is -2.39. The number of benzene rings is 1. The summed E-state index contributed by atoms with van der Waals surface area (Å²) in [4.78, 5) is 0. The van der Waals surface area contributed by atoms with Gasteiger partial charge in [-0.1, -0.05) is 43.0 Å². The van der Waals surface area contributed by atoms with Crippen molar-refractivity contribution in [2.45, 2.75) is 51.4 Å². The smallest absolute Gasteiger partial charge is 0.160 e. The molecule has 1 saturated carbocycles. The first kappa shape index (κ1) is 23.3. The molecule has 3 heterocycles. The highest BCUT2D eigenvalue weighted by molar-refractivity contribution is 5.87. The zero-order valence-electron chi connectivity index (χ0n) is 19.7. The minimum atomic E-state index is -0.355. The Balaban J connectivity index is 0.000000821. The third-order valence-electron chi connectivity index (χ3n) is 6.69. The molecule has 0 atom stereocenters. The van der Waals surface area contributed by atoms with Gasteiger partial charge in [0.05, 0.1) is 13.2 Å². The molecule has 33 heavy (non-hydrogen) atoms. The van der Waals surface area contributed by atoms with Crippen LogP contribution < -0.4 is 5.32 Å². The van der Waals surface area contributed by atoms with Gasteiger partial charge >= 0.3 is 0 Å². The number of rotatable bonds is 3. The second-order valence-corrected chi connectivity index (χ2v) is 8.99. The highest BCUT2D eigenvalue weighted by Gasteiger charge is 2.49. The molecule has 0 amide bonds. The second-order valence-electron chi connectivity index (χ2n) is 8.99. The van der Waals surface area contributed by atoms with Crippen LogP contribution in [0.15, 0.2) is 78.4 Å². The molecule has 5 rings (SSSR count). The van der Waals surface area contributed by atoms with Crippen LogP contribution in [0.5, 0.6) is 0 Å². The van der Waals surface area contributed by atoms with Crippen LogP contribution in [0.3, 0.4) is 0 Å². The van der Waals surface area contributed by atoms with Gasteiger partial charge in [-0.2, -0.15) is 0 Å². The van der Waals surface area contributed by atoms with Crippen molar-refractivity contribution in [1.29, 1.82) is 5.41 Å². The van der Waals surface area contributed by atoms with Crippen LogP contribution in [0.25, 0.3) is 5.57 Å². The zero-order valence-corrected chi connectivity index (χ0v) is 19.7. The normalized spacial score (nSPS) is 27.1. The van der Waals surface area contributed by atoms with Gasteiger partial charge in [0.25, 0.3) is 0 Å². The SMILES string of the molecule is C=C1C=CC(C2=C(c3cccc(C)c3)C(=C)C3(CCC(C4OCCO4)CC3)O2)=CN1.CC=N. The Morgan fingerprint density at radius 2 is 1.82 bits per heavy atom. The minimum absolute atomic E-state index is 0.0557. The predicted octanol–water partition coefficient (Wildman–Crippen LogP) is 5.81. The number of nitrogens with one attached hydrogen (secondary N) is 2. The van der Waals surface area contributed by atoms with Crippen LogP contribution in [0.4, 0.5) is 0 Å². The average Bonchev–Trinajstić information content (AvgIpc) is 3.43. The number of aryl methyl sites for hydroxylation is 1. The number of ether oxygens (including phenoxy) is 3. The van der Waals surface area contributed by atoms with Gasteiger partial charge in [0.15, 0.2) is 6.29 Å². The first-order valence-corrected chi connectivity index (χ1v) is 11.7. The maximum absolute atomic E-state index is 6.80. The van der Waals surface area contributed by atoms with Crippen molar-refractivity contribution in [3.63, 3.8) is 0 Å². The van der Waals surface area contributed by atoms with Crippen LogP contribution in [-0.2, 0) is 14.2 Å². The molecule has 5 nitrogen and oxygen atoms in total. The molecule has 2 N–H and O–H groups in total. The molecule has 1 aromatic carbocycles. The maximum Gasteiger partial charge on any atom is 0.160 e. The monoisotopic (exact) mass is 446 g/mol. The van der Waals surface area contributed by atoms with Crippen molar-refractivity contribution in [2.75, 3.05) is 13.2 Å². The molecule has 0 bridgehead atoms. The fourth-order valence-corrected chi connectivity index (χ4v) is 5.01. The van der Waals surface area contributed by atoms with E-state index in [2.05, 4.69) is 55.7 Å². The van der Waals surface area contributed by atoms with E-state index in [0.717, 1.165) is 59.4 Å². The summed E-state index contributed by atoms with van der Waals surface area (Å²) in [5.74, 6) is 1.34. The van der Waals surface area contributed by atoms with Gasteiger partial charge in [-0.3, -0.25) is 0 Å². The number of hydrogen-bond donors (Lipinski definition) is 2. The van der Waals surface area contributed by atoms with Gasteiger partial charge in [0.1, 0.15) is 11.4 Å². The molecule has 0 radical (unpaired) electrons. The number of hydrogen-bond acceptors (Lipinski definition) is 5. The molecule has 4 aliphatic rings. The summed E-state index contributed by atoms with van der Waals surface area (Å²) in [5, 5.41) is 9.31. The summed E-state index contributed by atoms with van der Waals surface area (Å²) in [5.41, 5.74) is 6.15. The molecule has 5 heteroatoms. The summed E-state index contributed by atoms with van der Waals surface area (Å²) in [6.45, 7) is 13.7. The number of allylic oxidation sites excluding steroid dienone is 2. The Kier molecular flexibility index (Phi) is 7.01. The molecular formula is C28H34N2O3. The van der Waals surface area contributed by atoms with Crippen LogP contribution in [0.1, 0.15) is 43.7 Å². The molecule has 0 aromatic heterocycles. The van der Waals surface area contributed by atoms with E-state index < -0.39 is 0 Å². The molecule has 0 unspecified atom stereocenters. The standard InChI is InChI=1S/C26H29NO3.C2H5N/c1-17-5-4-6-21(15-17)23-19(3)26(30-24(23)22-8-7-18(2)27-16-22)11-9-20(10-12-26)25-28-13-14-29-25;1-2-3/h4-8,15-16,20,25,27H,2-3,9-14H2,1H3;2-3H,1H3. The van der Waals surface area contributed by atoms with Gasteiger partial charge < -0.3 is 24.9 Å². The van der Waals surface area contributed by atoms with Crippen molar-refractivity contribution >= 4 is 11.8 Å². The topological polar surface area (TPSA) is 63.6 Å². The molecule has 1 spiro atoms. The van der Waals surface area contributed by atoms with Crippen molar-refractivity contribution in [3.05, 3.63) is 89.5 Å². The van der Waals surface area contributed by atoms with Gasteiger partial charge in [-0.15, -0.1) is 0 Å². The van der Waals surface area contributed by atoms with E-state index in [1.165, 1.54) is 11.8 Å². The predicted molar refractivity (Wildman–Crippen MR) is 133 cm³/mol. The van der Waals surface area contributed by atoms with Crippen LogP contribution in [0.2, 0.25) is 0 Å². The van der Waals surface area contributed by atoms with E-state index in [-0.39, 0.29) is 11.9 Å². The minimum Gasteiger partial charge on any atom is -0.481 e. The van der Waals surface area contributed by atoms with Crippen molar-refractivity contribution in [1.82, 2.24) is 5.32 Å². The lowest BCUT2D eigenvalue weighted by atomic mass is 9.73. The van der Waals surface area contributed by atoms with Crippen LogP contribution in [-0.4, -0.2) is 31.3 Å². The summed E-state index contributed by atoms with van der Waals surface area (Å²) in [7, 11) is 0. The van der Waals surface area contributed by atoms with E-state index in [1.807, 2.05) is 12.3 Å². The molecule has 3 aliphatic heterocycles. The second kappa shape index (κ2) is 9.94. The molecule has 1 aromatic rings. The van der Waals surface area contributed by atoms with Gasteiger partial charge in [-0.25, -0.2) is 0 Å². The largest absolute Gasteiger partial charge is 0.481 e. The maximum atomic E-state index is 6.80. The van der Waals surface area contributed by atoms with E-state index in [0.29, 0.717) is 19.1 Å². The Morgan fingerprint density at radius 3 is 2.42 bits per heavy atom. The fraction of sp³-hybridized carbons (Fsp3) is 0.393. The van der Waals surface area contributed by atoms with E-state index >= 15 is 0 Å². The highest BCUT2D eigenvalue weighted by Crippen LogP contribution is 2.53. The quantitative estimate of drug-likeness (QED) is 0.576. The summed E-state index contributed by atoms with van der Waals surface area (Å²) in [6, 6.07) is 8.59. The fourth-order valence-electron chi connectivity index (χ4n) is 5.01. The first-order valence-electron chi connectivity index (χ1n) is 11.7. The average molecular weight is 447 g/mol. The third kappa shape index (κ3) is 4.75.